The number of nitrogens with one attached hydrogen (secondary N) is 1. The number of halogens is 4. The molecule has 1 atom stereocenters. The number of ether oxygens (including phenoxy) is 2. The number of nitrogens with zero attached hydrogens (tertiary/aromatic N) is 2. The summed E-state index contributed by atoms with van der Waals surface area (Å²) < 4.78 is 58.6. The molecular formula is C20H15F4N3O7. The van der Waals surface area contributed by atoms with Crippen molar-refractivity contribution in [1.29, 1.82) is 0 Å². The fourth-order valence-electron chi connectivity index (χ4n) is 3.28. The topological polar surface area (TPSA) is 128 Å². The van der Waals surface area contributed by atoms with E-state index in [-0.39, 0.29) is 11.3 Å². The zero-order valence-electron chi connectivity index (χ0n) is 17.2. The third-order valence-corrected chi connectivity index (χ3v) is 4.93. The summed E-state index contributed by atoms with van der Waals surface area (Å²) in [4.78, 5) is 48.8. The van der Waals surface area contributed by atoms with Gasteiger partial charge in [-0.25, -0.2) is 4.79 Å². The van der Waals surface area contributed by atoms with Crippen LogP contribution in [0.5, 0.6) is 11.5 Å². The first-order chi connectivity index (χ1) is 15.9. The van der Waals surface area contributed by atoms with Gasteiger partial charge in [-0.05, 0) is 36.8 Å². The second-order valence-electron chi connectivity index (χ2n) is 7.09. The van der Waals surface area contributed by atoms with E-state index in [2.05, 4.69) is 14.8 Å². The molecule has 14 heteroatoms. The summed E-state index contributed by atoms with van der Waals surface area (Å²) in [5.74, 6) is -3.23. The predicted molar refractivity (Wildman–Crippen MR) is 105 cm³/mol. The number of hydrogen-bond acceptors (Lipinski definition) is 7. The maximum absolute atomic E-state index is 13.0. The molecule has 0 spiro atoms. The van der Waals surface area contributed by atoms with E-state index in [1.165, 1.54) is 19.1 Å². The van der Waals surface area contributed by atoms with Crippen molar-refractivity contribution in [3.63, 3.8) is 0 Å². The minimum atomic E-state index is -3.41. The van der Waals surface area contributed by atoms with Gasteiger partial charge in [-0.15, -0.1) is 0 Å². The van der Waals surface area contributed by atoms with Gasteiger partial charge in [0.15, 0.2) is 5.78 Å². The molecule has 0 aliphatic carbocycles. The van der Waals surface area contributed by atoms with Crippen LogP contribution in [0.25, 0.3) is 0 Å². The standard InChI is InChI=1S/C20H15F4N3O7/c1-20(10-2-4-11(5-3-10)27(31)32)16(29)26(19(30)25-20)9-14(28)13-7-6-12(33-17(21)22)8-15(13)34-18(23)24/h2-8,17-18H,9H2,1H3,(H,25,30). The van der Waals surface area contributed by atoms with Crippen LogP contribution in [-0.4, -0.2) is 47.3 Å². The lowest BCUT2D eigenvalue weighted by atomic mass is 9.92. The Morgan fingerprint density at radius 3 is 2.26 bits per heavy atom. The highest BCUT2D eigenvalue weighted by Crippen LogP contribution is 2.32. The molecule has 1 aliphatic heterocycles. The Balaban J connectivity index is 1.85. The highest BCUT2D eigenvalue weighted by atomic mass is 19.3. The van der Waals surface area contributed by atoms with Gasteiger partial charge in [0, 0.05) is 18.2 Å². The Labute approximate surface area is 188 Å². The van der Waals surface area contributed by atoms with E-state index in [4.69, 9.17) is 0 Å². The lowest BCUT2D eigenvalue weighted by Gasteiger charge is -2.22. The van der Waals surface area contributed by atoms with E-state index in [0.717, 1.165) is 24.3 Å². The minimum absolute atomic E-state index is 0.196. The van der Waals surface area contributed by atoms with Crippen LogP contribution in [0.1, 0.15) is 22.8 Å². The van der Waals surface area contributed by atoms with Crippen molar-refractivity contribution in [2.45, 2.75) is 25.7 Å². The molecule has 180 valence electrons. The molecule has 1 aliphatic rings. The third kappa shape index (κ3) is 4.89. The van der Waals surface area contributed by atoms with E-state index < -0.39 is 65.0 Å². The normalized spacial score (nSPS) is 17.8. The van der Waals surface area contributed by atoms with Gasteiger partial charge in [0.05, 0.1) is 17.0 Å². The molecule has 0 saturated carbocycles. The molecule has 0 radical (unpaired) electrons. The molecule has 2 aromatic carbocycles. The van der Waals surface area contributed by atoms with Crippen LogP contribution in [0.4, 0.5) is 28.0 Å². The Bertz CT molecular complexity index is 1140. The van der Waals surface area contributed by atoms with Gasteiger partial charge >= 0.3 is 19.3 Å². The number of carbonyl (C=O) groups is 3. The number of urea groups is 1. The van der Waals surface area contributed by atoms with Gasteiger partial charge in [0.25, 0.3) is 11.6 Å². The van der Waals surface area contributed by atoms with Crippen molar-refractivity contribution in [3.05, 3.63) is 63.7 Å². The number of hydrogen-bond donors (Lipinski definition) is 1. The number of rotatable bonds is 9. The molecule has 3 rings (SSSR count). The number of imide groups is 1. The Morgan fingerprint density at radius 2 is 1.71 bits per heavy atom. The molecule has 1 unspecified atom stereocenters. The number of Topliss-reactive ketones (excluding diaryl/α,β-unsaturated/α-hetero) is 1. The fraction of sp³-hybridized carbons (Fsp3) is 0.250. The molecule has 1 saturated heterocycles. The van der Waals surface area contributed by atoms with Gasteiger partial charge in [-0.1, -0.05) is 0 Å². The highest BCUT2D eigenvalue weighted by molar-refractivity contribution is 6.11. The number of alkyl halides is 4. The van der Waals surface area contributed by atoms with Crippen LogP contribution < -0.4 is 14.8 Å². The summed E-state index contributed by atoms with van der Waals surface area (Å²) in [6.45, 7) is -6.23. The maximum Gasteiger partial charge on any atom is 0.387 e. The van der Waals surface area contributed by atoms with Gasteiger partial charge in [-0.3, -0.25) is 24.6 Å². The number of carbonyl (C=O) groups excluding carboxylic acids is 3. The molecule has 2 aromatic rings. The summed E-state index contributed by atoms with van der Waals surface area (Å²) in [7, 11) is 0. The van der Waals surface area contributed by atoms with Crippen LogP contribution in [0.15, 0.2) is 42.5 Å². The van der Waals surface area contributed by atoms with Crippen LogP contribution in [0.2, 0.25) is 0 Å². The maximum atomic E-state index is 13.0. The predicted octanol–water partition coefficient (Wildman–Crippen LogP) is 3.45. The van der Waals surface area contributed by atoms with Crippen molar-refractivity contribution in [2.24, 2.45) is 0 Å². The Morgan fingerprint density at radius 1 is 1.09 bits per heavy atom. The van der Waals surface area contributed by atoms with Crippen LogP contribution >= 0.6 is 0 Å². The van der Waals surface area contributed by atoms with Gasteiger partial charge < -0.3 is 14.8 Å². The second kappa shape index (κ2) is 9.33. The molecule has 10 nitrogen and oxygen atoms in total. The summed E-state index contributed by atoms with van der Waals surface area (Å²) >= 11 is 0. The van der Waals surface area contributed by atoms with Gasteiger partial charge in [0.2, 0.25) is 0 Å². The lowest BCUT2D eigenvalue weighted by Crippen LogP contribution is -2.41. The van der Waals surface area contributed by atoms with E-state index in [0.29, 0.717) is 11.0 Å². The quantitative estimate of drug-likeness (QED) is 0.189. The molecule has 34 heavy (non-hydrogen) atoms. The van der Waals surface area contributed by atoms with E-state index in [1.54, 1.807) is 0 Å². The molecule has 3 amide bonds. The van der Waals surface area contributed by atoms with Crippen molar-refractivity contribution >= 4 is 23.4 Å². The van der Waals surface area contributed by atoms with E-state index in [1.807, 2.05) is 0 Å². The summed E-state index contributed by atoms with van der Waals surface area (Å²) in [5.41, 5.74) is -2.22. The van der Waals surface area contributed by atoms with Crippen LogP contribution in [0, 0.1) is 10.1 Å². The number of nitro groups is 1. The van der Waals surface area contributed by atoms with Crippen LogP contribution in [0.3, 0.4) is 0 Å². The average Bonchev–Trinajstić information content (AvgIpc) is 2.97. The Hall–Kier alpha value is -4.23. The number of non-ortho nitro benzene ring substituents is 1. The molecule has 1 fully saturated rings. The van der Waals surface area contributed by atoms with Crippen LogP contribution in [-0.2, 0) is 10.3 Å². The summed E-state index contributed by atoms with van der Waals surface area (Å²) in [6.07, 6.45) is 0. The number of nitro benzene ring substituents is 1. The Kier molecular flexibility index (Phi) is 6.70. The lowest BCUT2D eigenvalue weighted by molar-refractivity contribution is -0.384. The first-order valence-corrected chi connectivity index (χ1v) is 9.38. The van der Waals surface area contributed by atoms with Crippen molar-refractivity contribution < 1.29 is 46.3 Å². The first kappa shape index (κ1) is 24.4. The van der Waals surface area contributed by atoms with E-state index >= 15 is 0 Å². The smallest absolute Gasteiger partial charge is 0.387 e. The number of benzene rings is 2. The monoisotopic (exact) mass is 485 g/mol. The van der Waals surface area contributed by atoms with Gasteiger partial charge in [0.1, 0.15) is 17.0 Å². The van der Waals surface area contributed by atoms with Crippen molar-refractivity contribution in [2.75, 3.05) is 6.54 Å². The fourth-order valence-corrected chi connectivity index (χ4v) is 3.28. The molecular weight excluding hydrogens is 470 g/mol. The zero-order valence-corrected chi connectivity index (χ0v) is 17.2. The number of amides is 3. The summed E-state index contributed by atoms with van der Waals surface area (Å²) in [5, 5.41) is 13.2. The number of ketones is 1. The molecule has 0 bridgehead atoms. The van der Waals surface area contributed by atoms with Crippen molar-refractivity contribution in [3.8, 4) is 11.5 Å². The average molecular weight is 485 g/mol. The molecule has 0 aromatic heterocycles. The van der Waals surface area contributed by atoms with Crippen molar-refractivity contribution in [1.82, 2.24) is 10.2 Å². The highest BCUT2D eigenvalue weighted by Gasteiger charge is 2.49. The van der Waals surface area contributed by atoms with E-state index in [9.17, 15) is 42.1 Å². The minimum Gasteiger partial charge on any atom is -0.435 e. The SMILES string of the molecule is CC1(c2ccc([N+](=O)[O-])cc2)NC(=O)N(CC(=O)c2ccc(OC(F)F)cc2OC(F)F)C1=O. The largest absolute Gasteiger partial charge is 0.435 e. The zero-order chi connectivity index (χ0) is 25.2. The van der Waals surface area contributed by atoms with Gasteiger partial charge in [-0.2, -0.15) is 17.6 Å². The first-order valence-electron chi connectivity index (χ1n) is 9.38. The molecule has 1 heterocycles. The third-order valence-electron chi connectivity index (χ3n) is 4.93. The second-order valence-corrected chi connectivity index (χ2v) is 7.09. The molecule has 1 N–H and O–H groups in total. The summed E-state index contributed by atoms with van der Waals surface area (Å²) in [6, 6.07) is 6.24.